The zero-order chi connectivity index (χ0) is 11.3. The van der Waals surface area contributed by atoms with Crippen LogP contribution in [0.4, 0.5) is 0 Å². The summed E-state index contributed by atoms with van der Waals surface area (Å²) in [7, 11) is 0. The van der Waals surface area contributed by atoms with Crippen molar-refractivity contribution in [2.45, 2.75) is 43.9 Å². The van der Waals surface area contributed by atoms with E-state index in [-0.39, 0.29) is 11.8 Å². The summed E-state index contributed by atoms with van der Waals surface area (Å²) >= 11 is 7.59. The molecule has 0 spiro atoms. The number of carbonyl (C=O) groups excluding carboxylic acids is 1. The summed E-state index contributed by atoms with van der Waals surface area (Å²) in [5.74, 6) is 0.453. The van der Waals surface area contributed by atoms with Crippen molar-refractivity contribution in [3.63, 3.8) is 0 Å². The van der Waals surface area contributed by atoms with Crippen LogP contribution in [0.15, 0.2) is 0 Å². The van der Waals surface area contributed by atoms with E-state index < -0.39 is 0 Å². The van der Waals surface area contributed by atoms with Gasteiger partial charge in [-0.25, -0.2) is 0 Å². The number of rotatable bonds is 4. The Hall–Kier alpha value is 0.110. The van der Waals surface area contributed by atoms with Gasteiger partial charge in [-0.15, -0.1) is 11.6 Å². The highest BCUT2D eigenvalue weighted by atomic mass is 35.5. The fourth-order valence-corrected chi connectivity index (χ4v) is 2.74. The molecule has 0 saturated heterocycles. The lowest BCUT2D eigenvalue weighted by Gasteiger charge is -2.28. The molecule has 2 nitrogen and oxygen atoms in total. The Bertz CT molecular complexity index is 205. The van der Waals surface area contributed by atoms with Crippen LogP contribution in [0.25, 0.3) is 0 Å². The number of hydrogen-bond donors (Lipinski definition) is 1. The van der Waals surface area contributed by atoms with Crippen molar-refractivity contribution >= 4 is 29.3 Å². The second kappa shape index (κ2) is 6.64. The minimum absolute atomic E-state index is 0.0649. The molecule has 1 fully saturated rings. The summed E-state index contributed by atoms with van der Waals surface area (Å²) < 4.78 is 0. The van der Waals surface area contributed by atoms with Gasteiger partial charge in [-0.1, -0.05) is 6.92 Å². The monoisotopic (exact) mass is 249 g/mol. The van der Waals surface area contributed by atoms with Gasteiger partial charge in [-0.2, -0.15) is 11.8 Å². The van der Waals surface area contributed by atoms with E-state index in [0.717, 1.165) is 18.1 Å². The SMILES string of the molecule is CSC1CCC(NC(=O)C(C)CCl)CC1. The van der Waals surface area contributed by atoms with Gasteiger partial charge in [0.2, 0.25) is 5.91 Å². The molecule has 0 aromatic carbocycles. The maximum absolute atomic E-state index is 11.6. The standard InChI is InChI=1S/C11H20ClNOS/c1-8(7-12)11(14)13-9-3-5-10(15-2)6-4-9/h8-10H,3-7H2,1-2H3,(H,13,14). The second-order valence-electron chi connectivity index (χ2n) is 4.27. The molecule has 0 aromatic rings. The minimum atomic E-state index is -0.0649. The van der Waals surface area contributed by atoms with Crippen LogP contribution >= 0.6 is 23.4 Å². The number of nitrogens with one attached hydrogen (secondary N) is 1. The summed E-state index contributed by atoms with van der Waals surface area (Å²) in [4.78, 5) is 11.6. The average Bonchev–Trinajstić information content (AvgIpc) is 2.29. The van der Waals surface area contributed by atoms with Gasteiger partial charge in [0, 0.05) is 23.1 Å². The molecule has 1 atom stereocenters. The molecule has 1 amide bonds. The van der Waals surface area contributed by atoms with Crippen LogP contribution in [0.3, 0.4) is 0 Å². The highest BCUT2D eigenvalue weighted by Crippen LogP contribution is 2.26. The van der Waals surface area contributed by atoms with Crippen LogP contribution in [0.1, 0.15) is 32.6 Å². The first-order valence-electron chi connectivity index (χ1n) is 5.56. The van der Waals surface area contributed by atoms with Gasteiger partial charge < -0.3 is 5.32 Å². The van der Waals surface area contributed by atoms with Crippen molar-refractivity contribution < 1.29 is 4.79 Å². The molecule has 1 unspecified atom stereocenters. The van der Waals surface area contributed by atoms with E-state index in [1.165, 1.54) is 12.8 Å². The highest BCUT2D eigenvalue weighted by molar-refractivity contribution is 7.99. The maximum Gasteiger partial charge on any atom is 0.224 e. The third-order valence-corrected chi connectivity index (χ3v) is 4.63. The zero-order valence-electron chi connectivity index (χ0n) is 9.46. The Morgan fingerprint density at radius 3 is 2.53 bits per heavy atom. The summed E-state index contributed by atoms with van der Waals surface area (Å²) in [5, 5.41) is 3.88. The number of thioether (sulfide) groups is 1. The van der Waals surface area contributed by atoms with Crippen molar-refractivity contribution in [2.75, 3.05) is 12.1 Å². The van der Waals surface area contributed by atoms with Crippen LogP contribution in [0.2, 0.25) is 0 Å². The Labute approximate surface area is 102 Å². The van der Waals surface area contributed by atoms with E-state index in [2.05, 4.69) is 11.6 Å². The molecule has 1 rings (SSSR count). The topological polar surface area (TPSA) is 29.1 Å². The first-order valence-corrected chi connectivity index (χ1v) is 7.38. The van der Waals surface area contributed by atoms with E-state index >= 15 is 0 Å². The summed E-state index contributed by atoms with van der Waals surface area (Å²) in [6, 6.07) is 0.381. The zero-order valence-corrected chi connectivity index (χ0v) is 11.0. The summed E-state index contributed by atoms with van der Waals surface area (Å²) in [5.41, 5.74) is 0. The van der Waals surface area contributed by atoms with Crippen molar-refractivity contribution in [3.8, 4) is 0 Å². The van der Waals surface area contributed by atoms with Crippen LogP contribution in [0, 0.1) is 5.92 Å². The molecule has 15 heavy (non-hydrogen) atoms. The lowest BCUT2D eigenvalue weighted by atomic mass is 9.94. The van der Waals surface area contributed by atoms with Crippen molar-refractivity contribution in [3.05, 3.63) is 0 Å². The van der Waals surface area contributed by atoms with Gasteiger partial charge in [0.25, 0.3) is 0 Å². The lowest BCUT2D eigenvalue weighted by Crippen LogP contribution is -2.41. The van der Waals surface area contributed by atoms with Gasteiger partial charge in [-0.05, 0) is 31.9 Å². The Morgan fingerprint density at radius 1 is 1.47 bits per heavy atom. The molecule has 0 radical (unpaired) electrons. The number of amides is 1. The third-order valence-electron chi connectivity index (χ3n) is 3.03. The number of carbonyl (C=O) groups is 1. The van der Waals surface area contributed by atoms with E-state index in [1.54, 1.807) is 0 Å². The van der Waals surface area contributed by atoms with Gasteiger partial charge in [-0.3, -0.25) is 4.79 Å². The smallest absolute Gasteiger partial charge is 0.224 e. The molecule has 1 saturated carbocycles. The number of halogens is 1. The van der Waals surface area contributed by atoms with Crippen molar-refractivity contribution in [2.24, 2.45) is 5.92 Å². The molecule has 0 aliphatic heterocycles. The molecule has 0 bridgehead atoms. The molecule has 0 aromatic heterocycles. The quantitative estimate of drug-likeness (QED) is 0.777. The summed E-state index contributed by atoms with van der Waals surface area (Å²) in [6.07, 6.45) is 6.85. The number of alkyl halides is 1. The predicted molar refractivity (Wildman–Crippen MR) is 67.6 cm³/mol. The molecular weight excluding hydrogens is 230 g/mol. The first-order chi connectivity index (χ1) is 7.17. The van der Waals surface area contributed by atoms with Crippen molar-refractivity contribution in [1.82, 2.24) is 5.32 Å². The van der Waals surface area contributed by atoms with E-state index in [9.17, 15) is 4.79 Å². The van der Waals surface area contributed by atoms with E-state index in [4.69, 9.17) is 11.6 Å². The maximum atomic E-state index is 11.6. The van der Waals surface area contributed by atoms with Gasteiger partial charge in [0.1, 0.15) is 0 Å². The fraction of sp³-hybridized carbons (Fsp3) is 0.909. The largest absolute Gasteiger partial charge is 0.353 e. The molecule has 0 heterocycles. The normalized spacial score (nSPS) is 28.5. The Balaban J connectivity index is 2.26. The van der Waals surface area contributed by atoms with Crippen LogP contribution in [-0.4, -0.2) is 29.3 Å². The Morgan fingerprint density at radius 2 is 2.07 bits per heavy atom. The fourth-order valence-electron chi connectivity index (χ4n) is 1.86. The van der Waals surface area contributed by atoms with Crippen LogP contribution < -0.4 is 5.32 Å². The molecule has 1 aliphatic carbocycles. The molecule has 1 aliphatic rings. The highest BCUT2D eigenvalue weighted by Gasteiger charge is 2.23. The second-order valence-corrected chi connectivity index (χ2v) is 5.72. The molecule has 4 heteroatoms. The minimum Gasteiger partial charge on any atom is -0.353 e. The van der Waals surface area contributed by atoms with Gasteiger partial charge in [0.05, 0.1) is 0 Å². The molecule has 88 valence electrons. The van der Waals surface area contributed by atoms with E-state index in [1.807, 2.05) is 18.7 Å². The molecular formula is C11H20ClNOS. The lowest BCUT2D eigenvalue weighted by molar-refractivity contribution is -0.124. The van der Waals surface area contributed by atoms with Gasteiger partial charge in [0.15, 0.2) is 0 Å². The number of hydrogen-bond acceptors (Lipinski definition) is 2. The predicted octanol–water partition coefficient (Wildman–Crippen LogP) is 2.65. The van der Waals surface area contributed by atoms with Crippen LogP contribution in [-0.2, 0) is 4.79 Å². The average molecular weight is 250 g/mol. The Kier molecular flexibility index (Phi) is 5.83. The third kappa shape index (κ3) is 4.23. The first kappa shape index (κ1) is 13.2. The summed E-state index contributed by atoms with van der Waals surface area (Å²) in [6.45, 7) is 1.87. The van der Waals surface area contributed by atoms with Crippen LogP contribution in [0.5, 0.6) is 0 Å². The van der Waals surface area contributed by atoms with E-state index in [0.29, 0.717) is 11.9 Å². The van der Waals surface area contributed by atoms with Crippen molar-refractivity contribution in [1.29, 1.82) is 0 Å². The van der Waals surface area contributed by atoms with Gasteiger partial charge >= 0.3 is 0 Å². The molecule has 1 N–H and O–H groups in total.